The number of thioether (sulfide) groups is 1. The van der Waals surface area contributed by atoms with Crippen LogP contribution in [0.15, 0.2) is 45.2 Å². The van der Waals surface area contributed by atoms with Gasteiger partial charge in [0.25, 0.3) is 5.69 Å². The molecule has 0 aliphatic rings. The van der Waals surface area contributed by atoms with Gasteiger partial charge in [-0.3, -0.25) is 14.9 Å². The average Bonchev–Trinajstić information content (AvgIpc) is 3.12. The van der Waals surface area contributed by atoms with Crippen LogP contribution in [-0.4, -0.2) is 26.8 Å². The van der Waals surface area contributed by atoms with E-state index in [0.717, 1.165) is 5.69 Å². The molecule has 1 heterocycles. The molecule has 0 saturated heterocycles. The number of amides is 1. The summed E-state index contributed by atoms with van der Waals surface area (Å²) in [6.07, 6.45) is 0. The van der Waals surface area contributed by atoms with Crippen molar-refractivity contribution in [2.24, 2.45) is 0 Å². The minimum atomic E-state index is -0.495. The fraction of sp³-hybridized carbons (Fsp3) is 0.167. The average molecular weight is 494 g/mol. The number of carbonyl (C=O) groups excluding carboxylic acids is 1. The van der Waals surface area contributed by atoms with Gasteiger partial charge in [-0.1, -0.05) is 29.2 Å². The minimum absolute atomic E-state index is 0.0538. The van der Waals surface area contributed by atoms with Crippen molar-refractivity contribution in [3.05, 3.63) is 62.1 Å². The topological polar surface area (TPSA) is 110 Å². The largest absolute Gasteiger partial charge is 0.330 e. The fourth-order valence-electron chi connectivity index (χ4n) is 2.29. The van der Waals surface area contributed by atoms with E-state index < -0.39 is 4.92 Å². The molecule has 0 fully saturated rings. The molecule has 0 radical (unpaired) electrons. The number of benzene rings is 2. The zero-order valence-electron chi connectivity index (χ0n) is 15.4. The molecule has 2 N–H and O–H groups in total. The van der Waals surface area contributed by atoms with Crippen LogP contribution in [0.1, 0.15) is 11.1 Å². The van der Waals surface area contributed by atoms with Crippen LogP contribution < -0.4 is 10.6 Å². The Morgan fingerprint density at radius 3 is 2.69 bits per heavy atom. The van der Waals surface area contributed by atoms with E-state index in [9.17, 15) is 14.9 Å². The lowest BCUT2D eigenvalue weighted by Gasteiger charge is -2.06. The molecule has 0 aliphatic heterocycles. The molecule has 0 bridgehead atoms. The molecule has 2 aromatic carbocycles. The summed E-state index contributed by atoms with van der Waals surface area (Å²) in [5, 5.41) is 25.5. The van der Waals surface area contributed by atoms with Crippen LogP contribution in [0.2, 0.25) is 0 Å². The number of hydrogen-bond donors (Lipinski definition) is 2. The molecule has 0 aliphatic carbocycles. The predicted octanol–water partition coefficient (Wildman–Crippen LogP) is 5.30. The first-order valence-electron chi connectivity index (χ1n) is 8.36. The van der Waals surface area contributed by atoms with E-state index in [1.54, 1.807) is 0 Å². The highest BCUT2D eigenvalue weighted by Gasteiger charge is 2.13. The quantitative estimate of drug-likeness (QED) is 0.261. The van der Waals surface area contributed by atoms with E-state index in [1.807, 2.05) is 25.1 Å². The number of rotatable bonds is 7. The Hall–Kier alpha value is -2.50. The summed E-state index contributed by atoms with van der Waals surface area (Å²) in [6, 6.07) is 10.2. The van der Waals surface area contributed by atoms with Gasteiger partial charge in [0.2, 0.25) is 11.0 Å². The van der Waals surface area contributed by atoms with Crippen LogP contribution in [-0.2, 0) is 4.79 Å². The molecule has 1 aromatic heterocycles. The van der Waals surface area contributed by atoms with Gasteiger partial charge in [-0.05, 0) is 59.1 Å². The SMILES string of the molecule is Cc1ccc(Nc2nnc(SCC(=O)Nc3ccc([N+](=O)[O-])cc3Br)s2)cc1C. The van der Waals surface area contributed by atoms with Crippen LogP contribution in [0.4, 0.5) is 22.2 Å². The van der Waals surface area contributed by atoms with Gasteiger partial charge in [0.1, 0.15) is 0 Å². The highest BCUT2D eigenvalue weighted by molar-refractivity contribution is 9.10. The van der Waals surface area contributed by atoms with Crippen molar-refractivity contribution >= 4 is 67.1 Å². The first kappa shape index (κ1) is 21.2. The van der Waals surface area contributed by atoms with Gasteiger partial charge in [0, 0.05) is 22.3 Å². The summed E-state index contributed by atoms with van der Waals surface area (Å²) in [7, 11) is 0. The highest BCUT2D eigenvalue weighted by atomic mass is 79.9. The number of non-ortho nitro benzene ring substituents is 1. The summed E-state index contributed by atoms with van der Waals surface area (Å²) in [6.45, 7) is 4.10. The van der Waals surface area contributed by atoms with Gasteiger partial charge in [-0.15, -0.1) is 10.2 Å². The van der Waals surface area contributed by atoms with Crippen LogP contribution in [0.25, 0.3) is 0 Å². The van der Waals surface area contributed by atoms with Crippen LogP contribution in [0, 0.1) is 24.0 Å². The van der Waals surface area contributed by atoms with E-state index in [2.05, 4.69) is 43.7 Å². The number of nitrogens with zero attached hydrogens (tertiary/aromatic N) is 3. The predicted molar refractivity (Wildman–Crippen MR) is 119 cm³/mol. The highest BCUT2D eigenvalue weighted by Crippen LogP contribution is 2.30. The molecule has 0 saturated carbocycles. The normalized spacial score (nSPS) is 10.6. The second kappa shape index (κ2) is 9.33. The van der Waals surface area contributed by atoms with E-state index >= 15 is 0 Å². The second-order valence-corrected chi connectivity index (χ2v) is 9.11. The maximum absolute atomic E-state index is 12.2. The lowest BCUT2D eigenvalue weighted by molar-refractivity contribution is -0.384. The van der Waals surface area contributed by atoms with Crippen LogP contribution in [0.3, 0.4) is 0 Å². The summed E-state index contributed by atoms with van der Waals surface area (Å²) in [4.78, 5) is 22.5. The Labute approximate surface area is 183 Å². The van der Waals surface area contributed by atoms with Crippen molar-refractivity contribution in [3.8, 4) is 0 Å². The molecule has 3 rings (SSSR count). The smallest absolute Gasteiger partial charge is 0.270 e. The lowest BCUT2D eigenvalue weighted by Crippen LogP contribution is -2.14. The molecule has 29 heavy (non-hydrogen) atoms. The number of nitro benzene ring substituents is 1. The molecular weight excluding hydrogens is 478 g/mol. The minimum Gasteiger partial charge on any atom is -0.330 e. The first-order chi connectivity index (χ1) is 13.8. The third-order valence-electron chi connectivity index (χ3n) is 3.93. The van der Waals surface area contributed by atoms with Crippen LogP contribution in [0.5, 0.6) is 0 Å². The lowest BCUT2D eigenvalue weighted by atomic mass is 10.1. The van der Waals surface area contributed by atoms with Crippen molar-refractivity contribution in [2.75, 3.05) is 16.4 Å². The monoisotopic (exact) mass is 493 g/mol. The maximum Gasteiger partial charge on any atom is 0.270 e. The van der Waals surface area contributed by atoms with Gasteiger partial charge < -0.3 is 10.6 Å². The molecule has 1 amide bonds. The Morgan fingerprint density at radius 2 is 2.00 bits per heavy atom. The van der Waals surface area contributed by atoms with E-state index in [0.29, 0.717) is 19.6 Å². The Kier molecular flexibility index (Phi) is 6.83. The van der Waals surface area contributed by atoms with Crippen LogP contribution >= 0.6 is 39.0 Å². The zero-order chi connectivity index (χ0) is 21.0. The summed E-state index contributed by atoms with van der Waals surface area (Å²) >= 11 is 5.86. The molecule has 8 nitrogen and oxygen atoms in total. The number of halogens is 1. The van der Waals surface area contributed by atoms with Gasteiger partial charge in [0.05, 0.1) is 16.4 Å². The van der Waals surface area contributed by atoms with Crippen molar-refractivity contribution < 1.29 is 9.72 Å². The van der Waals surface area contributed by atoms with E-state index in [1.165, 1.54) is 52.4 Å². The van der Waals surface area contributed by atoms with Gasteiger partial charge in [-0.25, -0.2) is 0 Å². The van der Waals surface area contributed by atoms with E-state index in [-0.39, 0.29) is 17.3 Å². The molecule has 0 unspecified atom stereocenters. The molecular formula is C18H16BrN5O3S2. The Bertz CT molecular complexity index is 1070. The second-order valence-electron chi connectivity index (χ2n) is 6.06. The van der Waals surface area contributed by atoms with Gasteiger partial charge in [0.15, 0.2) is 4.34 Å². The number of carbonyl (C=O) groups is 1. The Morgan fingerprint density at radius 1 is 1.21 bits per heavy atom. The molecule has 0 spiro atoms. The summed E-state index contributed by atoms with van der Waals surface area (Å²) < 4.78 is 1.11. The molecule has 150 valence electrons. The number of nitrogens with one attached hydrogen (secondary N) is 2. The number of nitro groups is 1. The standard InChI is InChI=1S/C18H16BrN5O3S2/c1-10-3-4-12(7-11(10)2)20-17-22-23-18(29-17)28-9-16(25)21-15-6-5-13(24(26)27)8-14(15)19/h3-8H,9H2,1-2H3,(H,20,22)(H,21,25). The van der Waals surface area contributed by atoms with Gasteiger partial charge >= 0.3 is 0 Å². The van der Waals surface area contributed by atoms with Crippen molar-refractivity contribution in [2.45, 2.75) is 18.2 Å². The van der Waals surface area contributed by atoms with E-state index in [4.69, 9.17) is 0 Å². The van der Waals surface area contributed by atoms with Crippen molar-refractivity contribution in [1.82, 2.24) is 10.2 Å². The van der Waals surface area contributed by atoms with Gasteiger partial charge in [-0.2, -0.15) is 0 Å². The fourth-order valence-corrected chi connectivity index (χ4v) is 4.33. The summed E-state index contributed by atoms with van der Waals surface area (Å²) in [5.41, 5.74) is 3.75. The third-order valence-corrected chi connectivity index (χ3v) is 6.56. The number of hydrogen-bond acceptors (Lipinski definition) is 8. The summed E-state index contributed by atoms with van der Waals surface area (Å²) in [5.74, 6) is -0.106. The Balaban J connectivity index is 1.54. The number of aryl methyl sites for hydroxylation is 2. The first-order valence-corrected chi connectivity index (χ1v) is 11.0. The maximum atomic E-state index is 12.2. The number of anilines is 3. The molecule has 0 atom stereocenters. The zero-order valence-corrected chi connectivity index (χ0v) is 18.7. The molecule has 3 aromatic rings. The van der Waals surface area contributed by atoms with Crippen molar-refractivity contribution in [3.63, 3.8) is 0 Å². The third kappa shape index (κ3) is 5.75. The number of aromatic nitrogens is 2. The molecule has 11 heteroatoms. The van der Waals surface area contributed by atoms with Crippen molar-refractivity contribution in [1.29, 1.82) is 0 Å².